The number of nitrogens with one attached hydrogen (secondary N) is 2. The number of pyridine rings is 2. The number of likely N-dealkylation sites (tertiary alicyclic amines) is 1. The van der Waals surface area contributed by atoms with E-state index >= 15 is 0 Å². The topological polar surface area (TPSA) is 92.0 Å². The van der Waals surface area contributed by atoms with Gasteiger partial charge in [0.05, 0.1) is 26.0 Å². The minimum Gasteiger partial charge on any atom is -0.481 e. The van der Waals surface area contributed by atoms with Crippen molar-refractivity contribution < 1.29 is 14.2 Å². The Hall–Kier alpha value is -4.34. The van der Waals surface area contributed by atoms with E-state index < -0.39 is 0 Å². The standard InChI is InChI=1S/C35H39N5O4/c1-42-34-8-5-24(23-36-34)9-12-39-13-10-27(11-14-39)37-28-6-7-32-26(20-28)19-25-3-2-4-30(35(25)44-32)31-21-29(22-33(41)38-31)40-15-17-43-18-16-40/h2-8,20-23,27,37H,9-19H2,1H3,(H,38,41). The van der Waals surface area contributed by atoms with Gasteiger partial charge in [-0.2, -0.15) is 0 Å². The van der Waals surface area contributed by atoms with Crippen molar-refractivity contribution in [1.82, 2.24) is 14.9 Å². The first kappa shape index (κ1) is 28.4. The Balaban J connectivity index is 0.988. The Kier molecular flexibility index (Phi) is 8.22. The highest BCUT2D eigenvalue weighted by Gasteiger charge is 2.24. The molecule has 0 aliphatic carbocycles. The molecule has 0 spiro atoms. The number of anilines is 2. The van der Waals surface area contributed by atoms with Crippen molar-refractivity contribution in [1.29, 1.82) is 0 Å². The van der Waals surface area contributed by atoms with Crippen LogP contribution in [0.5, 0.6) is 17.4 Å². The maximum Gasteiger partial charge on any atom is 0.250 e. The van der Waals surface area contributed by atoms with Gasteiger partial charge >= 0.3 is 0 Å². The number of methoxy groups -OCH3 is 1. The zero-order chi connectivity index (χ0) is 29.9. The van der Waals surface area contributed by atoms with Gasteiger partial charge in [0.2, 0.25) is 11.4 Å². The Morgan fingerprint density at radius 3 is 2.66 bits per heavy atom. The molecule has 2 aromatic heterocycles. The lowest BCUT2D eigenvalue weighted by molar-refractivity contribution is 0.122. The first-order valence-corrected chi connectivity index (χ1v) is 15.6. The monoisotopic (exact) mass is 593 g/mol. The molecule has 0 saturated carbocycles. The predicted molar refractivity (Wildman–Crippen MR) is 172 cm³/mol. The zero-order valence-corrected chi connectivity index (χ0v) is 25.2. The van der Waals surface area contributed by atoms with Gasteiger partial charge in [-0.1, -0.05) is 18.2 Å². The van der Waals surface area contributed by atoms with E-state index in [2.05, 4.69) is 61.5 Å². The van der Waals surface area contributed by atoms with Crippen LogP contribution >= 0.6 is 0 Å². The van der Waals surface area contributed by atoms with E-state index in [9.17, 15) is 4.79 Å². The van der Waals surface area contributed by atoms with E-state index in [1.165, 1.54) is 11.1 Å². The number of aromatic amines is 1. The number of morpholine rings is 1. The molecule has 5 heterocycles. The first-order valence-electron chi connectivity index (χ1n) is 15.6. The van der Waals surface area contributed by atoms with Crippen LogP contribution in [-0.4, -0.2) is 74.0 Å². The lowest BCUT2D eigenvalue weighted by Crippen LogP contribution is -2.40. The summed E-state index contributed by atoms with van der Waals surface area (Å²) in [6.45, 7) is 6.10. The van der Waals surface area contributed by atoms with Gasteiger partial charge in [-0.15, -0.1) is 0 Å². The molecule has 0 amide bonds. The predicted octanol–water partition coefficient (Wildman–Crippen LogP) is 5.10. The summed E-state index contributed by atoms with van der Waals surface area (Å²) in [7, 11) is 1.64. The number of fused-ring (bicyclic) bond motifs is 2. The van der Waals surface area contributed by atoms with Crippen LogP contribution in [-0.2, 0) is 17.6 Å². The fourth-order valence-corrected chi connectivity index (χ4v) is 6.46. The molecule has 228 valence electrons. The molecule has 9 nitrogen and oxygen atoms in total. The number of piperidine rings is 1. The smallest absolute Gasteiger partial charge is 0.250 e. The molecule has 44 heavy (non-hydrogen) atoms. The average Bonchev–Trinajstić information content (AvgIpc) is 3.07. The molecule has 3 aliphatic heterocycles. The van der Waals surface area contributed by atoms with Gasteiger partial charge in [0.1, 0.15) is 11.5 Å². The van der Waals surface area contributed by atoms with Crippen molar-refractivity contribution in [3.05, 3.63) is 93.9 Å². The van der Waals surface area contributed by atoms with E-state index in [0.717, 1.165) is 98.1 Å². The van der Waals surface area contributed by atoms with Crippen molar-refractivity contribution in [2.75, 3.05) is 63.3 Å². The van der Waals surface area contributed by atoms with Crippen LogP contribution in [0.3, 0.4) is 0 Å². The van der Waals surface area contributed by atoms with E-state index in [-0.39, 0.29) is 5.56 Å². The van der Waals surface area contributed by atoms with Crippen molar-refractivity contribution in [3.8, 4) is 28.6 Å². The van der Waals surface area contributed by atoms with Gasteiger partial charge in [0, 0.05) is 86.0 Å². The first-order chi connectivity index (χ1) is 21.6. The third-order valence-corrected chi connectivity index (χ3v) is 8.93. The largest absolute Gasteiger partial charge is 0.481 e. The minimum absolute atomic E-state index is 0.117. The quantitative estimate of drug-likeness (QED) is 0.257. The molecule has 2 N–H and O–H groups in total. The highest BCUT2D eigenvalue weighted by atomic mass is 16.5. The van der Waals surface area contributed by atoms with Crippen LogP contribution in [0.25, 0.3) is 11.3 Å². The Morgan fingerprint density at radius 1 is 1.00 bits per heavy atom. The van der Waals surface area contributed by atoms with Gasteiger partial charge in [0.15, 0.2) is 0 Å². The number of benzene rings is 2. The maximum absolute atomic E-state index is 12.7. The summed E-state index contributed by atoms with van der Waals surface area (Å²) < 4.78 is 17.2. The fraction of sp³-hybridized carbons (Fsp3) is 0.371. The number of nitrogens with zero attached hydrogens (tertiary/aromatic N) is 3. The lowest BCUT2D eigenvalue weighted by atomic mass is 9.95. The summed E-state index contributed by atoms with van der Waals surface area (Å²) in [5.41, 5.74) is 7.13. The third kappa shape index (κ3) is 6.30. The highest BCUT2D eigenvalue weighted by Crippen LogP contribution is 2.43. The van der Waals surface area contributed by atoms with E-state index in [4.69, 9.17) is 14.2 Å². The Labute approximate surface area is 257 Å². The molecule has 3 aliphatic rings. The molecule has 2 aromatic carbocycles. The number of hydrogen-bond acceptors (Lipinski definition) is 8. The normalized spacial score (nSPS) is 17.0. The molecule has 0 atom stereocenters. The average molecular weight is 594 g/mol. The molecule has 0 bridgehead atoms. The maximum atomic E-state index is 12.7. The van der Waals surface area contributed by atoms with Gasteiger partial charge in [-0.3, -0.25) is 4.79 Å². The zero-order valence-electron chi connectivity index (χ0n) is 25.2. The van der Waals surface area contributed by atoms with Crippen LogP contribution in [0.15, 0.2) is 71.7 Å². The number of aromatic nitrogens is 2. The van der Waals surface area contributed by atoms with Crippen molar-refractivity contribution >= 4 is 11.4 Å². The molecular formula is C35H39N5O4. The SMILES string of the molecule is COc1ccc(CCN2CCC(Nc3ccc4c(c3)Cc3cccc(-c5cc(N6CCOCC6)cc(=O)[nH]5)c3O4)CC2)cn1. The van der Waals surface area contributed by atoms with Crippen LogP contribution in [0.1, 0.15) is 29.5 Å². The second kappa shape index (κ2) is 12.7. The second-order valence-corrected chi connectivity index (χ2v) is 11.8. The van der Waals surface area contributed by atoms with E-state index in [0.29, 0.717) is 25.1 Å². The molecule has 0 unspecified atom stereocenters. The van der Waals surface area contributed by atoms with Crippen LogP contribution in [0.4, 0.5) is 11.4 Å². The minimum atomic E-state index is -0.117. The van der Waals surface area contributed by atoms with Crippen LogP contribution in [0, 0.1) is 0 Å². The number of H-pyrrole nitrogens is 1. The molecule has 4 aromatic rings. The van der Waals surface area contributed by atoms with Gasteiger partial charge in [-0.25, -0.2) is 4.98 Å². The fourth-order valence-electron chi connectivity index (χ4n) is 6.46. The molecule has 9 heteroatoms. The number of para-hydroxylation sites is 1. The number of rotatable bonds is 8. The van der Waals surface area contributed by atoms with Crippen molar-refractivity contribution in [3.63, 3.8) is 0 Å². The van der Waals surface area contributed by atoms with Crippen LogP contribution in [0.2, 0.25) is 0 Å². The lowest BCUT2D eigenvalue weighted by Gasteiger charge is -2.33. The van der Waals surface area contributed by atoms with Crippen molar-refractivity contribution in [2.24, 2.45) is 0 Å². The summed E-state index contributed by atoms with van der Waals surface area (Å²) in [6, 6.07) is 20.8. The molecule has 0 radical (unpaired) electrons. The molecule has 2 saturated heterocycles. The summed E-state index contributed by atoms with van der Waals surface area (Å²) in [5, 5.41) is 3.78. The number of hydrogen-bond donors (Lipinski definition) is 2. The summed E-state index contributed by atoms with van der Waals surface area (Å²) >= 11 is 0. The van der Waals surface area contributed by atoms with Crippen LogP contribution < -0.4 is 25.2 Å². The Morgan fingerprint density at radius 2 is 1.86 bits per heavy atom. The van der Waals surface area contributed by atoms with E-state index in [1.807, 2.05) is 24.4 Å². The summed E-state index contributed by atoms with van der Waals surface area (Å²) in [4.78, 5) is 24.8. The molecular weight excluding hydrogens is 554 g/mol. The van der Waals surface area contributed by atoms with Gasteiger partial charge in [-0.05, 0) is 60.7 Å². The third-order valence-electron chi connectivity index (χ3n) is 8.93. The Bertz CT molecular complexity index is 1660. The molecule has 2 fully saturated rings. The van der Waals surface area contributed by atoms with Crippen molar-refractivity contribution in [2.45, 2.75) is 31.7 Å². The second-order valence-electron chi connectivity index (χ2n) is 11.8. The summed E-state index contributed by atoms with van der Waals surface area (Å²) in [6.07, 6.45) is 5.92. The molecule has 7 rings (SSSR count). The van der Waals surface area contributed by atoms with E-state index in [1.54, 1.807) is 13.2 Å². The summed E-state index contributed by atoms with van der Waals surface area (Å²) in [5.74, 6) is 2.34. The van der Waals surface area contributed by atoms with Gasteiger partial charge in [0.25, 0.3) is 0 Å². The van der Waals surface area contributed by atoms with Gasteiger partial charge < -0.3 is 34.3 Å². The number of ether oxygens (including phenoxy) is 3. The highest BCUT2D eigenvalue weighted by molar-refractivity contribution is 5.74.